The molecule has 0 radical (unpaired) electrons. The fourth-order valence-corrected chi connectivity index (χ4v) is 5.70. The predicted molar refractivity (Wildman–Crippen MR) is 142 cm³/mol. The van der Waals surface area contributed by atoms with Crippen molar-refractivity contribution in [3.63, 3.8) is 0 Å². The van der Waals surface area contributed by atoms with Gasteiger partial charge in [0.05, 0.1) is 25.4 Å². The van der Waals surface area contributed by atoms with Crippen molar-refractivity contribution in [2.24, 2.45) is 5.92 Å². The number of aromatic nitrogens is 4. The Bertz CT molecular complexity index is 1570. The molecule has 1 saturated carbocycles. The lowest BCUT2D eigenvalue weighted by Gasteiger charge is -2.31. The van der Waals surface area contributed by atoms with E-state index in [1.807, 2.05) is 4.90 Å². The van der Waals surface area contributed by atoms with E-state index in [1.54, 1.807) is 6.07 Å². The third kappa shape index (κ3) is 5.55. The van der Waals surface area contributed by atoms with E-state index in [9.17, 15) is 31.5 Å². The summed E-state index contributed by atoms with van der Waals surface area (Å²) in [6.07, 6.45) is -0.0181. The number of anilines is 1. The molecule has 0 bridgehead atoms. The SMILES string of the molecule is COc1ncc(-c2cc(CN3CCC(F)(F)CC3)c3c(N)ncnn23)cc1C(=O)NC1CN(C(=O)C2CC2(F)F)CC1F. The van der Waals surface area contributed by atoms with E-state index < -0.39 is 54.8 Å². The summed E-state index contributed by atoms with van der Waals surface area (Å²) in [6, 6.07) is 2.12. The molecule has 230 valence electrons. The van der Waals surface area contributed by atoms with E-state index in [1.165, 1.54) is 30.2 Å². The van der Waals surface area contributed by atoms with Crippen molar-refractivity contribution < 1.29 is 36.3 Å². The van der Waals surface area contributed by atoms with Crippen molar-refractivity contribution >= 4 is 23.1 Å². The number of hydrogen-bond donors (Lipinski definition) is 2. The first-order valence-electron chi connectivity index (χ1n) is 13.7. The fourth-order valence-electron chi connectivity index (χ4n) is 5.70. The number of methoxy groups -OCH3 is 1. The number of carbonyl (C=O) groups is 2. The van der Waals surface area contributed by atoms with Gasteiger partial charge in [0, 0.05) is 57.2 Å². The molecule has 11 nitrogen and oxygen atoms in total. The monoisotopic (exact) mass is 608 g/mol. The van der Waals surface area contributed by atoms with E-state index >= 15 is 0 Å². The topological polar surface area (TPSA) is 131 Å². The number of alkyl halides is 5. The van der Waals surface area contributed by atoms with E-state index in [0.29, 0.717) is 28.9 Å². The lowest BCUT2D eigenvalue weighted by Crippen LogP contribution is -2.42. The Labute approximate surface area is 242 Å². The number of hydrogen-bond acceptors (Lipinski definition) is 8. The summed E-state index contributed by atoms with van der Waals surface area (Å²) >= 11 is 0. The van der Waals surface area contributed by atoms with Crippen molar-refractivity contribution in [1.29, 1.82) is 0 Å². The summed E-state index contributed by atoms with van der Waals surface area (Å²) in [7, 11) is 1.31. The summed E-state index contributed by atoms with van der Waals surface area (Å²) in [5, 5.41) is 6.85. The first-order chi connectivity index (χ1) is 20.4. The highest BCUT2D eigenvalue weighted by atomic mass is 19.3. The van der Waals surface area contributed by atoms with Gasteiger partial charge in [-0.1, -0.05) is 0 Å². The van der Waals surface area contributed by atoms with Crippen LogP contribution in [0.25, 0.3) is 16.8 Å². The molecule has 6 rings (SSSR count). The van der Waals surface area contributed by atoms with Crippen molar-refractivity contribution in [3.8, 4) is 17.1 Å². The van der Waals surface area contributed by atoms with Crippen LogP contribution in [0.3, 0.4) is 0 Å². The number of carbonyl (C=O) groups excluding carboxylic acids is 2. The quantitative estimate of drug-likeness (QED) is 0.392. The highest BCUT2D eigenvalue weighted by molar-refractivity contribution is 5.98. The number of pyridine rings is 1. The molecule has 0 aromatic carbocycles. The van der Waals surface area contributed by atoms with E-state index in [2.05, 4.69) is 20.4 Å². The maximum Gasteiger partial charge on any atom is 0.260 e. The molecule has 3 aliphatic rings. The smallest absolute Gasteiger partial charge is 0.260 e. The third-order valence-electron chi connectivity index (χ3n) is 8.23. The lowest BCUT2D eigenvalue weighted by atomic mass is 10.1. The molecule has 43 heavy (non-hydrogen) atoms. The zero-order chi connectivity index (χ0) is 30.7. The average Bonchev–Trinajstić information content (AvgIpc) is 3.25. The number of amides is 2. The molecule has 5 heterocycles. The highest BCUT2D eigenvalue weighted by Gasteiger charge is 2.63. The van der Waals surface area contributed by atoms with Gasteiger partial charge in [0.15, 0.2) is 5.82 Å². The maximum absolute atomic E-state index is 14.8. The Balaban J connectivity index is 1.25. The minimum Gasteiger partial charge on any atom is -0.480 e. The van der Waals surface area contributed by atoms with E-state index in [4.69, 9.17) is 10.5 Å². The molecule has 2 amide bonds. The van der Waals surface area contributed by atoms with Gasteiger partial charge in [0.2, 0.25) is 11.8 Å². The molecule has 3 atom stereocenters. The van der Waals surface area contributed by atoms with Gasteiger partial charge in [-0.05, 0) is 17.7 Å². The van der Waals surface area contributed by atoms with Crippen LogP contribution >= 0.6 is 0 Å². The second-order valence-electron chi connectivity index (χ2n) is 11.2. The number of nitrogens with one attached hydrogen (secondary N) is 1. The largest absolute Gasteiger partial charge is 0.480 e. The summed E-state index contributed by atoms with van der Waals surface area (Å²) in [6.45, 7) is 0.0598. The molecule has 3 aromatic heterocycles. The number of halogens is 5. The van der Waals surface area contributed by atoms with E-state index in [0.717, 1.165) is 4.90 Å². The Morgan fingerprint density at radius 1 is 1.14 bits per heavy atom. The van der Waals surface area contributed by atoms with Crippen molar-refractivity contribution in [1.82, 2.24) is 34.7 Å². The molecular weight excluding hydrogens is 579 g/mol. The fraction of sp³-hybridized carbons (Fsp3) is 0.519. The van der Waals surface area contributed by atoms with Gasteiger partial charge in [0.25, 0.3) is 17.8 Å². The first kappa shape index (κ1) is 29.0. The highest BCUT2D eigenvalue weighted by Crippen LogP contribution is 2.49. The molecule has 3 N–H and O–H groups in total. The Morgan fingerprint density at radius 2 is 1.86 bits per heavy atom. The van der Waals surface area contributed by atoms with Gasteiger partial charge in [0.1, 0.15) is 29.5 Å². The molecule has 3 unspecified atom stereocenters. The van der Waals surface area contributed by atoms with Crippen LogP contribution in [0, 0.1) is 5.92 Å². The Kier molecular flexibility index (Phi) is 7.13. The molecule has 2 aliphatic heterocycles. The molecule has 16 heteroatoms. The molecule has 0 spiro atoms. The van der Waals surface area contributed by atoms with Crippen LogP contribution < -0.4 is 15.8 Å². The zero-order valence-corrected chi connectivity index (χ0v) is 23.1. The van der Waals surface area contributed by atoms with Gasteiger partial charge in [-0.15, -0.1) is 0 Å². The second kappa shape index (κ2) is 10.6. The molecule has 3 aromatic rings. The van der Waals surface area contributed by atoms with Crippen LogP contribution in [-0.4, -0.2) is 98.5 Å². The summed E-state index contributed by atoms with van der Waals surface area (Å²) in [5.41, 5.74) is 8.22. The Morgan fingerprint density at radius 3 is 2.53 bits per heavy atom. The number of likely N-dealkylation sites (tertiary alicyclic amines) is 2. The van der Waals surface area contributed by atoms with Crippen LogP contribution in [0.5, 0.6) is 5.88 Å². The van der Waals surface area contributed by atoms with Crippen molar-refractivity contribution in [3.05, 3.63) is 35.8 Å². The molecule has 1 aliphatic carbocycles. The molecule has 2 saturated heterocycles. The standard InChI is InChI=1S/C27H29F5N8O3/c1-43-24-16(23(41)37-19-12-39(11-18(19)28)25(42)17-8-27(17,31)32)6-14(9-34-24)20-7-15(21-22(33)35-13-36-40(20)21)10-38-4-2-26(29,30)3-5-38/h6-7,9,13,17-19H,2-5,8,10-12H2,1H3,(H,37,41)(H2,33,35,36). The zero-order valence-electron chi connectivity index (χ0n) is 23.1. The number of nitrogens with two attached hydrogens (primary N) is 1. The predicted octanol–water partition coefficient (Wildman–Crippen LogP) is 2.55. The van der Waals surface area contributed by atoms with Gasteiger partial charge >= 0.3 is 0 Å². The number of nitrogen functional groups attached to an aromatic ring is 1. The number of ether oxygens (including phenoxy) is 1. The van der Waals surface area contributed by atoms with Crippen LogP contribution in [0.1, 0.15) is 35.2 Å². The molecular formula is C27H29F5N8O3. The van der Waals surface area contributed by atoms with Crippen molar-refractivity contribution in [2.45, 2.75) is 49.9 Å². The minimum absolute atomic E-state index is 0.0394. The van der Waals surface area contributed by atoms with Crippen LogP contribution in [0.4, 0.5) is 27.8 Å². The number of piperidine rings is 1. The summed E-state index contributed by atoms with van der Waals surface area (Å²) in [5.74, 6) is -8.68. The van der Waals surface area contributed by atoms with Crippen molar-refractivity contribution in [2.75, 3.05) is 39.0 Å². The number of nitrogens with zero attached hydrogens (tertiary/aromatic N) is 6. The van der Waals surface area contributed by atoms with E-state index in [-0.39, 0.29) is 49.7 Å². The normalized spacial score (nSPS) is 24.7. The minimum atomic E-state index is -3.08. The Hall–Kier alpha value is -4.08. The third-order valence-corrected chi connectivity index (χ3v) is 8.23. The lowest BCUT2D eigenvalue weighted by molar-refractivity contribution is -0.134. The maximum atomic E-state index is 14.8. The van der Waals surface area contributed by atoms with Gasteiger partial charge in [-0.25, -0.2) is 36.4 Å². The van der Waals surface area contributed by atoms with Crippen LogP contribution in [0.15, 0.2) is 24.7 Å². The summed E-state index contributed by atoms with van der Waals surface area (Å²) < 4.78 is 75.8. The molecule has 3 fully saturated rings. The number of rotatable bonds is 7. The van der Waals surface area contributed by atoms with Gasteiger partial charge in [-0.3, -0.25) is 14.5 Å². The van der Waals surface area contributed by atoms with Crippen LogP contribution in [0.2, 0.25) is 0 Å². The van der Waals surface area contributed by atoms with Gasteiger partial charge in [-0.2, -0.15) is 5.10 Å². The summed E-state index contributed by atoms with van der Waals surface area (Å²) in [4.78, 5) is 36.9. The average molecular weight is 609 g/mol. The first-order valence-corrected chi connectivity index (χ1v) is 13.7. The second-order valence-corrected chi connectivity index (χ2v) is 11.2. The van der Waals surface area contributed by atoms with Gasteiger partial charge < -0.3 is 20.7 Å². The number of fused-ring (bicyclic) bond motifs is 1. The van der Waals surface area contributed by atoms with Crippen LogP contribution in [-0.2, 0) is 11.3 Å².